The third-order valence-corrected chi connectivity index (χ3v) is 13.6. The Morgan fingerprint density at radius 3 is 0.887 bits per heavy atom. The van der Waals surface area contributed by atoms with Crippen molar-refractivity contribution in [3.63, 3.8) is 0 Å². The smallest absolute Gasteiger partial charge is 0.303 e. The molecule has 426 valence electrons. The molecule has 8 rings (SSSR count). The number of amides is 8. The number of carboxylic acid groups (broad SMARTS) is 1. The standard InChI is InChI=1S/C54H70N16O10/c71-46(72)16-2-1-3-24-70-37-36-69-31-23-61-52(78)43-13-6-12-42(64-43)49(75)57-19-27-67(28-22-60-53(79)44-14-7-15-45(65-44)54(70)80)33-32-66-25-17-55-47(73)38-8-4-10-40(62-38)50(76)58-20-29-68(34-35-69)30-21-59-51(77)41-11-5-9-39(63-41)48(74)56-18-26-66/h4-15H,1-3,16-37H2,(H,55,73)(H,56,74)(H,57,75)(H,58,76)(H,59,77)(H,60,79)(H,61,78)(H,71,72). The van der Waals surface area contributed by atoms with Crippen LogP contribution in [0.25, 0.3) is 0 Å². The highest BCUT2D eigenvalue weighted by Gasteiger charge is 2.23. The molecule has 0 spiro atoms. The van der Waals surface area contributed by atoms with E-state index in [1.165, 1.54) is 48.5 Å². The summed E-state index contributed by atoms with van der Waals surface area (Å²) in [6, 6.07) is 18.4. The van der Waals surface area contributed by atoms with Crippen LogP contribution in [0.5, 0.6) is 0 Å². The molecule has 26 nitrogen and oxygen atoms in total. The molecule has 8 N–H and O–H groups in total. The number of carbonyl (C=O) groups is 9. The molecule has 0 saturated heterocycles. The Bertz CT molecular complexity index is 2750. The number of aliphatic carboxylic acids is 1. The first-order valence-electron chi connectivity index (χ1n) is 27.1. The van der Waals surface area contributed by atoms with E-state index in [4.69, 9.17) is 0 Å². The molecule has 0 saturated carbocycles. The lowest BCUT2D eigenvalue weighted by Gasteiger charge is -2.30. The number of nitrogens with zero attached hydrogens (tertiary/aromatic N) is 9. The predicted octanol–water partition coefficient (Wildman–Crippen LogP) is -1.19. The van der Waals surface area contributed by atoms with Crippen LogP contribution in [0, 0.1) is 0 Å². The summed E-state index contributed by atoms with van der Waals surface area (Å²) in [6.45, 7) is 5.01. The van der Waals surface area contributed by atoms with Gasteiger partial charge in [-0.3, -0.25) is 62.8 Å². The first-order valence-corrected chi connectivity index (χ1v) is 27.1. The van der Waals surface area contributed by atoms with Gasteiger partial charge in [0.15, 0.2) is 0 Å². The second-order valence-electron chi connectivity index (χ2n) is 19.3. The highest BCUT2D eigenvalue weighted by molar-refractivity contribution is 5.99. The molecule has 8 amide bonds. The van der Waals surface area contributed by atoms with Crippen LogP contribution in [0.15, 0.2) is 72.8 Å². The van der Waals surface area contributed by atoms with Crippen molar-refractivity contribution in [3.8, 4) is 0 Å². The van der Waals surface area contributed by atoms with Crippen molar-refractivity contribution >= 4 is 53.2 Å². The van der Waals surface area contributed by atoms with Crippen molar-refractivity contribution in [2.45, 2.75) is 25.7 Å². The largest absolute Gasteiger partial charge is 0.481 e. The molecule has 12 bridgehead atoms. The van der Waals surface area contributed by atoms with Crippen LogP contribution in [0.3, 0.4) is 0 Å². The topological polar surface area (TPSA) is 326 Å². The normalized spacial score (nSPS) is 21.5. The van der Waals surface area contributed by atoms with Crippen molar-refractivity contribution in [2.75, 3.05) is 137 Å². The van der Waals surface area contributed by atoms with Gasteiger partial charge < -0.3 is 47.2 Å². The van der Waals surface area contributed by atoms with Crippen molar-refractivity contribution in [1.29, 1.82) is 0 Å². The second-order valence-corrected chi connectivity index (χ2v) is 19.3. The lowest BCUT2D eigenvalue weighted by molar-refractivity contribution is -0.137. The number of unbranched alkanes of at least 4 members (excludes halogenated alkanes) is 2. The number of rotatable bonds is 6. The number of carbonyl (C=O) groups excluding carboxylic acids is 8. The molecule has 80 heavy (non-hydrogen) atoms. The summed E-state index contributed by atoms with van der Waals surface area (Å²) in [4.78, 5) is 149. The molecule has 0 radical (unpaired) electrons. The molecule has 0 aliphatic carbocycles. The number of hydrogen-bond acceptors (Lipinski definition) is 17. The van der Waals surface area contributed by atoms with E-state index in [1.807, 2.05) is 19.6 Å². The van der Waals surface area contributed by atoms with E-state index in [9.17, 15) is 48.3 Å². The Balaban J connectivity index is 1.27. The van der Waals surface area contributed by atoms with Crippen LogP contribution in [0.2, 0.25) is 0 Å². The van der Waals surface area contributed by atoms with Gasteiger partial charge in [0.05, 0.1) is 0 Å². The minimum Gasteiger partial charge on any atom is -0.481 e. The third-order valence-electron chi connectivity index (χ3n) is 13.6. The lowest BCUT2D eigenvalue weighted by Crippen LogP contribution is -2.47. The number of nitrogens with one attached hydrogen (secondary N) is 7. The summed E-state index contributed by atoms with van der Waals surface area (Å²) < 4.78 is 0. The van der Waals surface area contributed by atoms with Crippen molar-refractivity contribution in [1.82, 2.24) is 81.7 Å². The predicted molar refractivity (Wildman–Crippen MR) is 291 cm³/mol. The first-order chi connectivity index (χ1) is 38.8. The molecule has 4 aliphatic heterocycles. The Morgan fingerprint density at radius 1 is 0.350 bits per heavy atom. The zero-order chi connectivity index (χ0) is 56.6. The van der Waals surface area contributed by atoms with Gasteiger partial charge in [0, 0.05) is 144 Å². The van der Waals surface area contributed by atoms with E-state index in [1.54, 1.807) is 29.2 Å². The highest BCUT2D eigenvalue weighted by atomic mass is 16.4. The fourth-order valence-electron chi connectivity index (χ4n) is 9.07. The molecular formula is C54H70N16O10. The van der Waals surface area contributed by atoms with Gasteiger partial charge in [-0.25, -0.2) is 19.9 Å². The number of fused-ring (bicyclic) bond motifs is 16. The minimum atomic E-state index is -0.920. The van der Waals surface area contributed by atoms with E-state index in [0.29, 0.717) is 58.5 Å². The van der Waals surface area contributed by atoms with Gasteiger partial charge in [0.2, 0.25) is 0 Å². The van der Waals surface area contributed by atoms with Gasteiger partial charge in [-0.05, 0) is 61.4 Å². The minimum absolute atomic E-state index is 0.0172. The summed E-state index contributed by atoms with van der Waals surface area (Å²) in [6.07, 6.45) is 1.40. The Hall–Kier alpha value is -8.33. The number of pyridine rings is 4. The molecule has 2 atom stereocenters. The van der Waals surface area contributed by atoms with E-state index in [2.05, 4.69) is 57.2 Å². The fraction of sp³-hybridized carbons (Fsp3) is 0.463. The van der Waals surface area contributed by atoms with Crippen molar-refractivity contribution in [3.05, 3.63) is 118 Å². The molecule has 4 aromatic heterocycles. The van der Waals surface area contributed by atoms with Crippen LogP contribution in [0.4, 0.5) is 0 Å². The summed E-state index contributed by atoms with van der Waals surface area (Å²) in [7, 11) is 0. The van der Waals surface area contributed by atoms with Crippen molar-refractivity contribution in [2.24, 2.45) is 0 Å². The van der Waals surface area contributed by atoms with E-state index in [-0.39, 0.29) is 150 Å². The van der Waals surface area contributed by atoms with E-state index in [0.717, 1.165) is 0 Å². The van der Waals surface area contributed by atoms with E-state index >= 15 is 0 Å². The van der Waals surface area contributed by atoms with Crippen LogP contribution in [-0.2, 0) is 4.79 Å². The maximum absolute atomic E-state index is 14.5. The van der Waals surface area contributed by atoms with Gasteiger partial charge >= 0.3 is 5.97 Å². The maximum atomic E-state index is 14.5. The average Bonchev–Trinajstić information content (AvgIpc) is 3.46. The molecule has 2 unspecified atom stereocenters. The first kappa shape index (κ1) is 59.3. The zero-order valence-electron chi connectivity index (χ0n) is 44.8. The summed E-state index contributed by atoms with van der Waals surface area (Å²) >= 11 is 0. The van der Waals surface area contributed by atoms with Gasteiger partial charge in [-0.15, -0.1) is 0 Å². The lowest BCUT2D eigenvalue weighted by atomic mass is 10.2. The number of aromatic nitrogens is 4. The molecule has 26 heteroatoms. The SMILES string of the molecule is O=C(O)CCCCCN1CCN2CCNC(=O)c3cccc(n3)C(=O)NCCN(CCNC(=O)c3cccc(n3)C1=O)CCN1CCNC(=O)c3cccc(n3)C(=O)NCCN(CCNC(=O)c3cccc(n3)C(=O)NCC1)CC2. The molecule has 0 fully saturated rings. The summed E-state index contributed by atoms with van der Waals surface area (Å²) in [5.74, 6) is -4.89. The monoisotopic (exact) mass is 1100 g/mol. The Kier molecular flexibility index (Phi) is 22.8. The molecule has 4 aliphatic rings. The Morgan fingerprint density at radius 2 is 0.600 bits per heavy atom. The van der Waals surface area contributed by atoms with Gasteiger partial charge in [0.25, 0.3) is 47.3 Å². The summed E-state index contributed by atoms with van der Waals surface area (Å²) in [5, 5.41) is 29.6. The molecule has 0 aromatic carbocycles. The van der Waals surface area contributed by atoms with Crippen LogP contribution in [0.1, 0.15) is 110 Å². The van der Waals surface area contributed by atoms with Crippen LogP contribution < -0.4 is 37.2 Å². The van der Waals surface area contributed by atoms with Crippen LogP contribution >= 0.6 is 0 Å². The molecule has 8 heterocycles. The highest BCUT2D eigenvalue weighted by Crippen LogP contribution is 2.11. The third kappa shape index (κ3) is 18.7. The zero-order valence-corrected chi connectivity index (χ0v) is 44.8. The average molecular weight is 1100 g/mol. The van der Waals surface area contributed by atoms with Gasteiger partial charge in [-0.1, -0.05) is 30.7 Å². The van der Waals surface area contributed by atoms with Gasteiger partial charge in [0.1, 0.15) is 45.6 Å². The second kappa shape index (κ2) is 30.7. The van der Waals surface area contributed by atoms with E-state index < -0.39 is 53.2 Å². The number of carboxylic acids is 1. The van der Waals surface area contributed by atoms with Crippen LogP contribution in [-0.4, -0.2) is 240 Å². The van der Waals surface area contributed by atoms with Gasteiger partial charge in [-0.2, -0.15) is 0 Å². The molecular weight excluding hydrogens is 1030 g/mol. The fourth-order valence-corrected chi connectivity index (χ4v) is 9.07. The quantitative estimate of drug-likeness (QED) is 0.105. The maximum Gasteiger partial charge on any atom is 0.303 e. The Labute approximate surface area is 463 Å². The molecule has 4 aromatic rings. The van der Waals surface area contributed by atoms with Crippen molar-refractivity contribution < 1.29 is 48.3 Å². The number of hydrogen-bond donors (Lipinski definition) is 8. The summed E-state index contributed by atoms with van der Waals surface area (Å²) in [5.41, 5.74) is 0.235.